The highest BCUT2D eigenvalue weighted by Crippen LogP contribution is 2.04. The van der Waals surface area contributed by atoms with Gasteiger partial charge in [-0.25, -0.2) is 0 Å². The average Bonchev–Trinajstić information content (AvgIpc) is 2.64. The summed E-state index contributed by atoms with van der Waals surface area (Å²) in [5.41, 5.74) is 4.48. The number of hydrogen-bond acceptors (Lipinski definition) is 6. The van der Waals surface area contributed by atoms with E-state index < -0.39 is 0 Å². The Labute approximate surface area is 156 Å². The van der Waals surface area contributed by atoms with Crippen molar-refractivity contribution in [1.82, 2.24) is 9.97 Å². The first-order chi connectivity index (χ1) is 12.4. The molecular weight excluding hydrogens is 328 g/mol. The van der Waals surface area contributed by atoms with Gasteiger partial charge in [0.15, 0.2) is 0 Å². The van der Waals surface area contributed by atoms with Crippen LogP contribution in [0.4, 0.5) is 0 Å². The van der Waals surface area contributed by atoms with Crippen molar-refractivity contribution in [2.45, 2.75) is 40.0 Å². The fourth-order valence-corrected chi connectivity index (χ4v) is 2.00. The molecule has 142 valence electrons. The van der Waals surface area contributed by atoms with E-state index in [2.05, 4.69) is 9.97 Å². The lowest BCUT2D eigenvalue weighted by Crippen LogP contribution is -2.00. The lowest BCUT2D eigenvalue weighted by atomic mass is 10.1. The quantitative estimate of drug-likeness (QED) is 0.469. The fraction of sp³-hybridized carbons (Fsp3) is 0.400. The van der Waals surface area contributed by atoms with Gasteiger partial charge in [0, 0.05) is 25.1 Å². The molecule has 2 aromatic heterocycles. The summed E-state index contributed by atoms with van der Waals surface area (Å²) in [6, 6.07) is 11.4. The Balaban J connectivity index is 0.000000458. The van der Waals surface area contributed by atoms with Gasteiger partial charge in [0.1, 0.15) is 0 Å². The van der Waals surface area contributed by atoms with Crippen molar-refractivity contribution in [3.8, 4) is 0 Å². The Kier molecular flexibility index (Phi) is 12.5. The standard InChI is InChI=1S/C11H16N2O.C8H10N2.CH4O/c1-9(12)11-7-4-6-10(13-11)5-2-3-8-14;1-6-4-3-5-8(10-6)7(2)9;1-2/h4,6-7,12,14H,2-3,5,8H2,1H3;3-5,9H,1-2H3;2H,1H3. The lowest BCUT2D eigenvalue weighted by Gasteiger charge is -2.02. The highest BCUT2D eigenvalue weighted by Gasteiger charge is 1.99. The third-order valence-electron chi connectivity index (χ3n) is 3.30. The third kappa shape index (κ3) is 9.76. The van der Waals surface area contributed by atoms with E-state index >= 15 is 0 Å². The molecule has 0 aliphatic rings. The Hall–Kier alpha value is -2.44. The van der Waals surface area contributed by atoms with Gasteiger partial charge in [-0.15, -0.1) is 0 Å². The van der Waals surface area contributed by atoms with Crippen molar-refractivity contribution >= 4 is 11.4 Å². The first kappa shape index (κ1) is 23.6. The van der Waals surface area contributed by atoms with E-state index in [4.69, 9.17) is 21.0 Å². The number of aliphatic hydroxyl groups is 2. The van der Waals surface area contributed by atoms with E-state index in [1.54, 1.807) is 13.8 Å². The van der Waals surface area contributed by atoms with Gasteiger partial charge in [0.2, 0.25) is 0 Å². The van der Waals surface area contributed by atoms with Crippen LogP contribution < -0.4 is 0 Å². The molecule has 0 spiro atoms. The van der Waals surface area contributed by atoms with Gasteiger partial charge in [-0.3, -0.25) is 9.97 Å². The SMILES string of the molecule is CC(=N)c1cccc(C)n1.CC(=N)c1cccc(CCCCO)n1.CO. The van der Waals surface area contributed by atoms with E-state index in [0.717, 1.165) is 49.1 Å². The van der Waals surface area contributed by atoms with Crippen LogP contribution in [0.1, 0.15) is 49.5 Å². The highest BCUT2D eigenvalue weighted by atomic mass is 16.3. The van der Waals surface area contributed by atoms with Crippen LogP contribution >= 0.6 is 0 Å². The Bertz CT molecular complexity index is 687. The Morgan fingerprint density at radius 1 is 0.885 bits per heavy atom. The maximum atomic E-state index is 8.63. The molecule has 4 N–H and O–H groups in total. The number of unbranched alkanes of at least 4 members (excludes halogenated alkanes) is 1. The van der Waals surface area contributed by atoms with Crippen molar-refractivity contribution in [2.75, 3.05) is 13.7 Å². The summed E-state index contributed by atoms with van der Waals surface area (Å²) < 4.78 is 0. The topological polar surface area (TPSA) is 114 Å². The lowest BCUT2D eigenvalue weighted by molar-refractivity contribution is 0.284. The van der Waals surface area contributed by atoms with Gasteiger partial charge < -0.3 is 21.0 Å². The van der Waals surface area contributed by atoms with Gasteiger partial charge in [-0.2, -0.15) is 0 Å². The third-order valence-corrected chi connectivity index (χ3v) is 3.30. The number of nitrogens with one attached hydrogen (secondary N) is 2. The number of aliphatic hydroxyl groups excluding tert-OH is 2. The molecule has 0 saturated heterocycles. The Morgan fingerprint density at radius 3 is 1.88 bits per heavy atom. The number of rotatable bonds is 6. The molecule has 0 saturated carbocycles. The molecule has 0 atom stereocenters. The zero-order valence-electron chi connectivity index (χ0n) is 16.1. The van der Waals surface area contributed by atoms with Gasteiger partial charge >= 0.3 is 0 Å². The largest absolute Gasteiger partial charge is 0.400 e. The van der Waals surface area contributed by atoms with E-state index in [-0.39, 0.29) is 6.61 Å². The predicted molar refractivity (Wildman–Crippen MR) is 106 cm³/mol. The second-order valence-electron chi connectivity index (χ2n) is 5.61. The van der Waals surface area contributed by atoms with Crippen molar-refractivity contribution in [2.24, 2.45) is 0 Å². The molecule has 0 aliphatic carbocycles. The van der Waals surface area contributed by atoms with Crippen molar-refractivity contribution in [1.29, 1.82) is 10.8 Å². The van der Waals surface area contributed by atoms with Gasteiger partial charge in [0.25, 0.3) is 0 Å². The molecule has 6 heteroatoms. The zero-order chi connectivity index (χ0) is 19.9. The van der Waals surface area contributed by atoms with Crippen molar-refractivity contribution in [3.05, 3.63) is 59.2 Å². The summed E-state index contributed by atoms with van der Waals surface area (Å²) >= 11 is 0. The van der Waals surface area contributed by atoms with Gasteiger partial charge in [-0.1, -0.05) is 12.1 Å². The van der Waals surface area contributed by atoms with E-state index in [0.29, 0.717) is 11.4 Å². The minimum atomic E-state index is 0.239. The van der Waals surface area contributed by atoms with Crippen LogP contribution in [0.3, 0.4) is 0 Å². The summed E-state index contributed by atoms with van der Waals surface area (Å²) in [6.07, 6.45) is 2.64. The van der Waals surface area contributed by atoms with Crippen molar-refractivity contribution in [3.63, 3.8) is 0 Å². The normalized spacial score (nSPS) is 9.31. The summed E-state index contributed by atoms with van der Waals surface area (Å²) in [4.78, 5) is 8.49. The van der Waals surface area contributed by atoms with Gasteiger partial charge in [0.05, 0.1) is 22.8 Å². The van der Waals surface area contributed by atoms with Crippen LogP contribution in [-0.2, 0) is 6.42 Å². The number of pyridine rings is 2. The summed E-state index contributed by atoms with van der Waals surface area (Å²) in [5.74, 6) is 0. The maximum Gasteiger partial charge on any atom is 0.0837 e. The molecule has 0 unspecified atom stereocenters. The van der Waals surface area contributed by atoms with Crippen LogP contribution in [0.5, 0.6) is 0 Å². The Morgan fingerprint density at radius 2 is 1.42 bits per heavy atom. The first-order valence-corrected chi connectivity index (χ1v) is 8.50. The van der Waals surface area contributed by atoms with Crippen LogP contribution in [0, 0.1) is 17.7 Å². The average molecular weight is 358 g/mol. The molecule has 0 aromatic carbocycles. The van der Waals surface area contributed by atoms with Crippen LogP contribution in [0.2, 0.25) is 0 Å². The highest BCUT2D eigenvalue weighted by molar-refractivity contribution is 5.94. The molecule has 2 rings (SSSR count). The number of aryl methyl sites for hydroxylation is 2. The second kappa shape index (κ2) is 13.8. The number of aromatic nitrogens is 2. The smallest absolute Gasteiger partial charge is 0.0837 e. The predicted octanol–water partition coefficient (Wildman–Crippen LogP) is 3.17. The van der Waals surface area contributed by atoms with Crippen LogP contribution in [-0.4, -0.2) is 45.3 Å². The number of hydrogen-bond donors (Lipinski definition) is 4. The molecule has 0 radical (unpaired) electrons. The summed E-state index contributed by atoms with van der Waals surface area (Å²) in [6.45, 7) is 5.64. The molecule has 0 aliphatic heterocycles. The number of nitrogens with zero attached hydrogens (tertiary/aromatic N) is 2. The maximum absolute atomic E-state index is 8.63. The molecule has 0 bridgehead atoms. The molecule has 0 amide bonds. The fourth-order valence-electron chi connectivity index (χ4n) is 2.00. The van der Waals surface area contributed by atoms with E-state index in [1.165, 1.54) is 0 Å². The van der Waals surface area contributed by atoms with Gasteiger partial charge in [-0.05, 0) is 64.3 Å². The minimum Gasteiger partial charge on any atom is -0.400 e. The molecule has 2 heterocycles. The molecule has 26 heavy (non-hydrogen) atoms. The first-order valence-electron chi connectivity index (χ1n) is 8.50. The molecular formula is C20H30N4O2. The van der Waals surface area contributed by atoms with Crippen LogP contribution in [0.15, 0.2) is 36.4 Å². The van der Waals surface area contributed by atoms with Crippen molar-refractivity contribution < 1.29 is 10.2 Å². The second-order valence-corrected chi connectivity index (χ2v) is 5.61. The van der Waals surface area contributed by atoms with E-state index in [1.807, 2.05) is 43.3 Å². The zero-order valence-corrected chi connectivity index (χ0v) is 16.1. The summed E-state index contributed by atoms with van der Waals surface area (Å²) in [7, 11) is 1.00. The van der Waals surface area contributed by atoms with Crippen LogP contribution in [0.25, 0.3) is 0 Å². The minimum absolute atomic E-state index is 0.239. The molecule has 2 aromatic rings. The monoisotopic (exact) mass is 358 g/mol. The molecule has 6 nitrogen and oxygen atoms in total. The van der Waals surface area contributed by atoms with E-state index in [9.17, 15) is 0 Å². The summed E-state index contributed by atoms with van der Waals surface area (Å²) in [5, 5.41) is 30.3. The molecule has 0 fully saturated rings.